The van der Waals surface area contributed by atoms with Gasteiger partial charge in [-0.05, 0) is 12.8 Å². The monoisotopic (exact) mass is 242 g/mol. The van der Waals surface area contributed by atoms with Crippen LogP contribution in [0, 0.1) is 0 Å². The smallest absolute Gasteiger partial charge is 0.122 e. The van der Waals surface area contributed by atoms with Gasteiger partial charge in [-0.2, -0.15) is 0 Å². The Morgan fingerprint density at radius 3 is 2.00 bits per heavy atom. The summed E-state index contributed by atoms with van der Waals surface area (Å²) in [5.74, 6) is 0. The summed E-state index contributed by atoms with van der Waals surface area (Å²) in [4.78, 5) is 10.9. The SMILES string of the molecule is CCCCCCC[C@H]1OO[C@@H](CCC)[C@H]2O[C@H]21. The van der Waals surface area contributed by atoms with Crippen molar-refractivity contribution in [2.24, 2.45) is 0 Å². The number of ether oxygens (including phenoxy) is 1. The highest BCUT2D eigenvalue weighted by atomic mass is 17.2. The first-order chi connectivity index (χ1) is 8.36. The lowest BCUT2D eigenvalue weighted by atomic mass is 10.0. The van der Waals surface area contributed by atoms with Gasteiger partial charge in [-0.15, -0.1) is 0 Å². The normalized spacial score (nSPS) is 35.6. The fourth-order valence-electron chi connectivity index (χ4n) is 2.65. The van der Waals surface area contributed by atoms with Gasteiger partial charge >= 0.3 is 0 Å². The van der Waals surface area contributed by atoms with Crippen molar-refractivity contribution >= 4 is 0 Å². The third-order valence-corrected chi connectivity index (χ3v) is 3.76. The fourth-order valence-corrected chi connectivity index (χ4v) is 2.65. The lowest BCUT2D eigenvalue weighted by Crippen LogP contribution is -2.35. The first kappa shape index (κ1) is 13.3. The Bertz CT molecular complexity index is 220. The Balaban J connectivity index is 1.59. The molecule has 2 aliphatic heterocycles. The van der Waals surface area contributed by atoms with Crippen LogP contribution in [-0.2, 0) is 14.5 Å². The van der Waals surface area contributed by atoms with Gasteiger partial charge in [0.2, 0.25) is 0 Å². The molecule has 2 rings (SSSR count). The van der Waals surface area contributed by atoms with Gasteiger partial charge in [0.15, 0.2) is 0 Å². The maximum Gasteiger partial charge on any atom is 0.122 e. The van der Waals surface area contributed by atoms with Gasteiger partial charge in [-0.3, -0.25) is 0 Å². The van der Waals surface area contributed by atoms with E-state index in [9.17, 15) is 0 Å². The number of hydrogen-bond donors (Lipinski definition) is 0. The molecule has 0 aliphatic carbocycles. The van der Waals surface area contributed by atoms with E-state index < -0.39 is 0 Å². The minimum atomic E-state index is 0.182. The Labute approximate surface area is 105 Å². The highest BCUT2D eigenvalue weighted by Gasteiger charge is 2.54. The zero-order valence-electron chi connectivity index (χ0n) is 11.2. The summed E-state index contributed by atoms with van der Waals surface area (Å²) in [6.07, 6.45) is 10.8. The summed E-state index contributed by atoms with van der Waals surface area (Å²) >= 11 is 0. The van der Waals surface area contributed by atoms with Crippen LogP contribution in [-0.4, -0.2) is 24.4 Å². The molecule has 0 amide bonds. The molecule has 0 N–H and O–H groups in total. The van der Waals surface area contributed by atoms with E-state index in [1.54, 1.807) is 0 Å². The van der Waals surface area contributed by atoms with E-state index >= 15 is 0 Å². The molecular formula is C14H26O3. The zero-order chi connectivity index (χ0) is 12.1. The molecule has 0 aromatic heterocycles. The van der Waals surface area contributed by atoms with Gasteiger partial charge in [0.1, 0.15) is 24.4 Å². The van der Waals surface area contributed by atoms with E-state index in [4.69, 9.17) is 14.5 Å². The van der Waals surface area contributed by atoms with Crippen molar-refractivity contribution in [2.45, 2.75) is 89.6 Å². The Kier molecular flexibility index (Phi) is 5.26. The number of rotatable bonds is 8. The zero-order valence-corrected chi connectivity index (χ0v) is 11.2. The number of epoxide rings is 1. The van der Waals surface area contributed by atoms with Crippen molar-refractivity contribution in [3.8, 4) is 0 Å². The van der Waals surface area contributed by atoms with E-state index in [2.05, 4.69) is 13.8 Å². The molecule has 17 heavy (non-hydrogen) atoms. The van der Waals surface area contributed by atoms with Crippen LogP contribution < -0.4 is 0 Å². The van der Waals surface area contributed by atoms with Crippen LogP contribution in [0.4, 0.5) is 0 Å². The van der Waals surface area contributed by atoms with Gasteiger partial charge in [0.25, 0.3) is 0 Å². The van der Waals surface area contributed by atoms with Crippen molar-refractivity contribution in [2.75, 3.05) is 0 Å². The second kappa shape index (κ2) is 6.72. The third-order valence-electron chi connectivity index (χ3n) is 3.76. The van der Waals surface area contributed by atoms with E-state index in [-0.39, 0.29) is 12.2 Å². The van der Waals surface area contributed by atoms with Gasteiger partial charge < -0.3 is 4.74 Å². The molecule has 2 heterocycles. The van der Waals surface area contributed by atoms with Crippen molar-refractivity contribution in [3.05, 3.63) is 0 Å². The molecule has 2 aliphatic rings. The van der Waals surface area contributed by atoms with Crippen LogP contribution in [0.5, 0.6) is 0 Å². The Morgan fingerprint density at radius 2 is 1.35 bits per heavy atom. The quantitative estimate of drug-likeness (QED) is 0.370. The maximum absolute atomic E-state index is 5.68. The molecule has 3 heteroatoms. The van der Waals surface area contributed by atoms with E-state index in [0.29, 0.717) is 12.2 Å². The largest absolute Gasteiger partial charge is 0.364 e. The summed E-state index contributed by atoms with van der Waals surface area (Å²) in [7, 11) is 0. The van der Waals surface area contributed by atoms with Crippen molar-refractivity contribution in [1.29, 1.82) is 0 Å². The summed E-state index contributed by atoms with van der Waals surface area (Å²) < 4.78 is 5.68. The summed E-state index contributed by atoms with van der Waals surface area (Å²) in [5.41, 5.74) is 0. The van der Waals surface area contributed by atoms with Crippen LogP contribution in [0.1, 0.15) is 65.2 Å². The molecule has 0 spiro atoms. The third kappa shape index (κ3) is 3.67. The molecule has 0 aromatic carbocycles. The first-order valence-electron chi connectivity index (χ1n) is 7.34. The number of hydrogen-bond acceptors (Lipinski definition) is 3. The Hall–Kier alpha value is -0.120. The molecule has 0 aromatic rings. The molecule has 3 nitrogen and oxygen atoms in total. The van der Waals surface area contributed by atoms with Gasteiger partial charge in [0.05, 0.1) is 0 Å². The molecular weight excluding hydrogens is 216 g/mol. The topological polar surface area (TPSA) is 31.0 Å². The first-order valence-corrected chi connectivity index (χ1v) is 7.34. The van der Waals surface area contributed by atoms with E-state index in [1.807, 2.05) is 0 Å². The predicted octanol–water partition coefficient (Wildman–Crippen LogP) is 3.61. The second-order valence-electron chi connectivity index (χ2n) is 5.33. The lowest BCUT2D eigenvalue weighted by Gasteiger charge is -2.24. The van der Waals surface area contributed by atoms with Gasteiger partial charge in [0, 0.05) is 0 Å². The van der Waals surface area contributed by atoms with E-state index in [1.165, 1.54) is 32.1 Å². The second-order valence-corrected chi connectivity index (χ2v) is 5.33. The lowest BCUT2D eigenvalue weighted by molar-refractivity contribution is -0.366. The number of fused-ring (bicyclic) bond motifs is 1. The van der Waals surface area contributed by atoms with Crippen LogP contribution >= 0.6 is 0 Å². The molecule has 0 unspecified atom stereocenters. The predicted molar refractivity (Wildman–Crippen MR) is 66.7 cm³/mol. The fraction of sp³-hybridized carbons (Fsp3) is 1.00. The van der Waals surface area contributed by atoms with Crippen LogP contribution in [0.2, 0.25) is 0 Å². The van der Waals surface area contributed by atoms with Crippen molar-refractivity contribution < 1.29 is 14.5 Å². The molecule has 2 fully saturated rings. The standard InChI is InChI=1S/C14H26O3/c1-3-5-6-7-8-10-12-14-13(15-14)11(9-4-2)16-17-12/h11-14H,3-10H2,1-2H3/t11-,12+,13+,14-/m0/s1. The molecule has 0 bridgehead atoms. The summed E-state index contributed by atoms with van der Waals surface area (Å²) in [6.45, 7) is 4.41. The molecule has 0 saturated carbocycles. The minimum absolute atomic E-state index is 0.182. The average Bonchev–Trinajstić information content (AvgIpc) is 3.12. The molecule has 4 atom stereocenters. The molecule has 100 valence electrons. The van der Waals surface area contributed by atoms with Crippen molar-refractivity contribution in [3.63, 3.8) is 0 Å². The average molecular weight is 242 g/mol. The summed E-state index contributed by atoms with van der Waals surface area (Å²) in [5, 5.41) is 0. The van der Waals surface area contributed by atoms with Gasteiger partial charge in [-0.1, -0.05) is 52.4 Å². The van der Waals surface area contributed by atoms with E-state index in [0.717, 1.165) is 19.3 Å². The Morgan fingerprint density at radius 1 is 0.706 bits per heavy atom. The van der Waals surface area contributed by atoms with Gasteiger partial charge in [-0.25, -0.2) is 9.78 Å². The minimum Gasteiger partial charge on any atom is -0.364 e. The highest BCUT2D eigenvalue weighted by molar-refractivity contribution is 4.97. The van der Waals surface area contributed by atoms with Crippen LogP contribution in [0.25, 0.3) is 0 Å². The maximum atomic E-state index is 5.68. The van der Waals surface area contributed by atoms with Crippen LogP contribution in [0.3, 0.4) is 0 Å². The number of unbranched alkanes of at least 4 members (excludes halogenated alkanes) is 4. The highest BCUT2D eigenvalue weighted by Crippen LogP contribution is 2.39. The van der Waals surface area contributed by atoms with Crippen molar-refractivity contribution in [1.82, 2.24) is 0 Å². The molecule has 0 radical (unpaired) electrons. The van der Waals surface area contributed by atoms with Crippen LogP contribution in [0.15, 0.2) is 0 Å². The summed E-state index contributed by atoms with van der Waals surface area (Å²) in [6, 6.07) is 0. The molecule has 2 saturated heterocycles.